The van der Waals surface area contributed by atoms with Gasteiger partial charge in [-0.25, -0.2) is 8.42 Å². The second-order valence-corrected chi connectivity index (χ2v) is 7.28. The van der Waals surface area contributed by atoms with Gasteiger partial charge in [-0.2, -0.15) is 0 Å². The second kappa shape index (κ2) is 5.80. The van der Waals surface area contributed by atoms with Crippen molar-refractivity contribution in [1.82, 2.24) is 4.90 Å². The molecule has 110 valence electrons. The third kappa shape index (κ3) is 3.29. The Labute approximate surface area is 118 Å². The summed E-state index contributed by atoms with van der Waals surface area (Å²) >= 11 is 0. The maximum atomic E-state index is 12.4. The average Bonchev–Trinajstić information content (AvgIpc) is 2.59. The Balaban J connectivity index is 2.17. The summed E-state index contributed by atoms with van der Waals surface area (Å²) in [5.41, 5.74) is 4.75. The van der Waals surface area contributed by atoms with Gasteiger partial charge in [0.05, 0.1) is 17.2 Å². The van der Waals surface area contributed by atoms with Crippen molar-refractivity contribution >= 4 is 21.4 Å². The second-order valence-electron chi connectivity index (χ2n) is 4.97. The van der Waals surface area contributed by atoms with Crippen LogP contribution in [-0.2, 0) is 9.84 Å². The summed E-state index contributed by atoms with van der Waals surface area (Å²) in [6, 6.07) is 5.21. The van der Waals surface area contributed by atoms with Gasteiger partial charge in [-0.3, -0.25) is 10.6 Å². The van der Waals surface area contributed by atoms with Crippen molar-refractivity contribution in [3.63, 3.8) is 0 Å². The van der Waals surface area contributed by atoms with E-state index in [0.717, 1.165) is 11.3 Å². The summed E-state index contributed by atoms with van der Waals surface area (Å²) in [7, 11) is -3.01. The molecule has 1 aliphatic rings. The van der Waals surface area contributed by atoms with E-state index in [2.05, 4.69) is 5.43 Å². The number of hydrazine groups is 1. The fourth-order valence-corrected chi connectivity index (χ4v) is 3.55. The molecule has 3 N–H and O–H groups in total. The minimum atomic E-state index is -3.01. The van der Waals surface area contributed by atoms with Gasteiger partial charge < -0.3 is 10.3 Å². The number of nitrogens with two attached hydrogens (primary N) is 1. The van der Waals surface area contributed by atoms with Crippen molar-refractivity contribution in [2.45, 2.75) is 13.3 Å². The van der Waals surface area contributed by atoms with E-state index in [4.69, 9.17) is 5.84 Å². The number of amides is 1. The SMILES string of the molecule is Cc1cc(C(=O)N2CCCS(=O)(=O)CC2)ccc1NN. The molecule has 1 amide bonds. The lowest BCUT2D eigenvalue weighted by Gasteiger charge is -2.20. The number of nitrogens with one attached hydrogen (secondary N) is 1. The van der Waals surface area contributed by atoms with Gasteiger partial charge in [-0.05, 0) is 37.1 Å². The highest BCUT2D eigenvalue weighted by Crippen LogP contribution is 2.17. The molecule has 1 aliphatic heterocycles. The molecule has 1 saturated heterocycles. The van der Waals surface area contributed by atoms with Crippen LogP contribution in [0.1, 0.15) is 22.3 Å². The van der Waals surface area contributed by atoms with Crippen molar-refractivity contribution in [1.29, 1.82) is 0 Å². The molecule has 7 heteroatoms. The monoisotopic (exact) mass is 297 g/mol. The molecule has 0 aromatic heterocycles. The third-order valence-corrected chi connectivity index (χ3v) is 5.19. The number of sulfone groups is 1. The van der Waals surface area contributed by atoms with Crippen LogP contribution in [0.4, 0.5) is 5.69 Å². The number of carbonyl (C=O) groups excluding carboxylic acids is 1. The molecule has 0 atom stereocenters. The molecule has 6 nitrogen and oxygen atoms in total. The molecule has 1 fully saturated rings. The fourth-order valence-electron chi connectivity index (χ4n) is 2.28. The number of hydrogen-bond donors (Lipinski definition) is 2. The first-order valence-corrected chi connectivity index (χ1v) is 8.32. The zero-order valence-corrected chi connectivity index (χ0v) is 12.2. The number of nitrogens with zero attached hydrogens (tertiary/aromatic N) is 1. The van der Waals surface area contributed by atoms with Crippen LogP contribution < -0.4 is 11.3 Å². The predicted octanol–water partition coefficient (Wildman–Crippen LogP) is 0.541. The number of nitrogen functional groups attached to an aromatic ring is 1. The third-order valence-electron chi connectivity index (χ3n) is 3.47. The highest BCUT2D eigenvalue weighted by atomic mass is 32.2. The smallest absolute Gasteiger partial charge is 0.253 e. The summed E-state index contributed by atoms with van der Waals surface area (Å²) < 4.78 is 23.1. The van der Waals surface area contributed by atoms with Gasteiger partial charge in [-0.1, -0.05) is 0 Å². The highest BCUT2D eigenvalue weighted by molar-refractivity contribution is 7.91. The Bertz CT molecular complexity index is 613. The summed E-state index contributed by atoms with van der Waals surface area (Å²) in [4.78, 5) is 14.0. The Kier molecular flexibility index (Phi) is 4.29. The molecule has 0 bridgehead atoms. The zero-order chi connectivity index (χ0) is 14.8. The molecule has 0 spiro atoms. The largest absolute Gasteiger partial charge is 0.338 e. The van der Waals surface area contributed by atoms with E-state index in [1.54, 1.807) is 23.1 Å². The Hall–Kier alpha value is -1.60. The molecule has 1 aromatic carbocycles. The van der Waals surface area contributed by atoms with E-state index in [-0.39, 0.29) is 24.0 Å². The number of hydrogen-bond acceptors (Lipinski definition) is 5. The van der Waals surface area contributed by atoms with E-state index in [1.165, 1.54) is 0 Å². The predicted molar refractivity (Wildman–Crippen MR) is 78.2 cm³/mol. The van der Waals surface area contributed by atoms with Crippen molar-refractivity contribution < 1.29 is 13.2 Å². The van der Waals surface area contributed by atoms with Crippen LogP contribution in [0.25, 0.3) is 0 Å². The first kappa shape index (κ1) is 14.8. The Morgan fingerprint density at radius 3 is 2.70 bits per heavy atom. The molecule has 20 heavy (non-hydrogen) atoms. The van der Waals surface area contributed by atoms with Crippen molar-refractivity contribution in [2.24, 2.45) is 5.84 Å². The van der Waals surface area contributed by atoms with Gasteiger partial charge >= 0.3 is 0 Å². The van der Waals surface area contributed by atoms with Gasteiger partial charge in [-0.15, -0.1) is 0 Å². The van der Waals surface area contributed by atoms with E-state index in [9.17, 15) is 13.2 Å². The van der Waals surface area contributed by atoms with Gasteiger partial charge in [0.25, 0.3) is 5.91 Å². The molecule has 1 heterocycles. The van der Waals surface area contributed by atoms with E-state index in [0.29, 0.717) is 18.5 Å². The molecule has 0 radical (unpaired) electrons. The molecule has 0 unspecified atom stereocenters. The highest BCUT2D eigenvalue weighted by Gasteiger charge is 2.23. The van der Waals surface area contributed by atoms with E-state index in [1.807, 2.05) is 6.92 Å². The lowest BCUT2D eigenvalue weighted by Crippen LogP contribution is -2.33. The molecule has 2 rings (SSSR count). The lowest BCUT2D eigenvalue weighted by molar-refractivity contribution is 0.0768. The van der Waals surface area contributed by atoms with Crippen molar-refractivity contribution in [2.75, 3.05) is 30.0 Å². The fraction of sp³-hybridized carbons (Fsp3) is 0.462. The number of aryl methyl sites for hydroxylation is 1. The van der Waals surface area contributed by atoms with Gasteiger partial charge in [0.1, 0.15) is 0 Å². The molecule has 0 saturated carbocycles. The number of benzene rings is 1. The molecular weight excluding hydrogens is 278 g/mol. The van der Waals surface area contributed by atoms with E-state index < -0.39 is 9.84 Å². The van der Waals surface area contributed by atoms with Crippen LogP contribution in [0.15, 0.2) is 18.2 Å². The number of anilines is 1. The molecular formula is C13H19N3O3S. The van der Waals surface area contributed by atoms with Gasteiger partial charge in [0.2, 0.25) is 0 Å². The minimum Gasteiger partial charge on any atom is -0.338 e. The van der Waals surface area contributed by atoms with Crippen LogP contribution in [0.3, 0.4) is 0 Å². The topological polar surface area (TPSA) is 92.5 Å². The Morgan fingerprint density at radius 1 is 1.30 bits per heavy atom. The summed E-state index contributed by atoms with van der Waals surface area (Å²) in [6.45, 7) is 2.60. The van der Waals surface area contributed by atoms with E-state index >= 15 is 0 Å². The van der Waals surface area contributed by atoms with Gasteiger partial charge in [0, 0.05) is 18.7 Å². The van der Waals surface area contributed by atoms with Crippen LogP contribution >= 0.6 is 0 Å². The maximum absolute atomic E-state index is 12.4. The van der Waals surface area contributed by atoms with Crippen LogP contribution in [0.2, 0.25) is 0 Å². The van der Waals surface area contributed by atoms with Crippen LogP contribution in [0, 0.1) is 6.92 Å². The molecule has 1 aromatic rings. The lowest BCUT2D eigenvalue weighted by atomic mass is 10.1. The number of carbonyl (C=O) groups is 1. The van der Waals surface area contributed by atoms with Crippen molar-refractivity contribution in [3.8, 4) is 0 Å². The number of rotatable bonds is 2. The zero-order valence-electron chi connectivity index (χ0n) is 11.4. The van der Waals surface area contributed by atoms with Crippen LogP contribution in [-0.4, -0.2) is 43.8 Å². The summed E-state index contributed by atoms with van der Waals surface area (Å²) in [5, 5.41) is 0. The quantitative estimate of drug-likeness (QED) is 0.614. The molecule has 0 aliphatic carbocycles. The standard InChI is InChI=1S/C13H19N3O3S/c1-10-9-11(3-4-12(10)15-14)13(17)16-5-2-7-20(18,19)8-6-16/h3-4,9,15H,2,5-8,14H2,1H3. The van der Waals surface area contributed by atoms with Crippen molar-refractivity contribution in [3.05, 3.63) is 29.3 Å². The first-order chi connectivity index (χ1) is 9.43. The first-order valence-electron chi connectivity index (χ1n) is 6.50. The maximum Gasteiger partial charge on any atom is 0.253 e. The van der Waals surface area contributed by atoms with Gasteiger partial charge in [0.15, 0.2) is 9.84 Å². The average molecular weight is 297 g/mol. The minimum absolute atomic E-state index is 0.0418. The van der Waals surface area contributed by atoms with Crippen LogP contribution in [0.5, 0.6) is 0 Å². The Morgan fingerprint density at radius 2 is 2.05 bits per heavy atom. The summed E-state index contributed by atoms with van der Waals surface area (Å²) in [5.74, 6) is 5.43. The normalized spacial score (nSPS) is 18.4. The summed E-state index contributed by atoms with van der Waals surface area (Å²) in [6.07, 6.45) is 0.496.